The number of anilines is 1. The molecular formula is C22H26N6O5S. The molecule has 0 atom stereocenters. The number of amides is 2. The third kappa shape index (κ3) is 7.56. The zero-order chi connectivity index (χ0) is 24.4. The summed E-state index contributed by atoms with van der Waals surface area (Å²) in [5, 5.41) is 7.86. The van der Waals surface area contributed by atoms with Crippen LogP contribution < -0.4 is 20.7 Å². The molecule has 11 nitrogen and oxygen atoms in total. The van der Waals surface area contributed by atoms with Crippen LogP contribution in [0, 0.1) is 0 Å². The maximum Gasteiger partial charge on any atom is 0.313 e. The normalized spacial score (nSPS) is 14.6. The lowest BCUT2D eigenvalue weighted by Crippen LogP contribution is -2.51. The van der Waals surface area contributed by atoms with Gasteiger partial charge in [-0.3, -0.25) is 19.4 Å². The molecule has 0 unspecified atom stereocenters. The number of nitrogens with one attached hydrogen (secondary N) is 4. The van der Waals surface area contributed by atoms with E-state index < -0.39 is 22.0 Å². The summed E-state index contributed by atoms with van der Waals surface area (Å²) in [6.45, 7) is 1.80. The SMILES string of the molecule is O=C(NCCNS(=O)(=O)N1CCNCC1)C(=O)Nc1ccc(C(=O)C=Cc2ccccn2)cc1. The van der Waals surface area contributed by atoms with Gasteiger partial charge in [0.05, 0.1) is 5.69 Å². The van der Waals surface area contributed by atoms with E-state index in [4.69, 9.17) is 0 Å². The van der Waals surface area contributed by atoms with Crippen LogP contribution >= 0.6 is 0 Å². The average molecular weight is 487 g/mol. The molecule has 2 aromatic rings. The van der Waals surface area contributed by atoms with Crippen LogP contribution in [0.5, 0.6) is 0 Å². The number of hydrogen-bond donors (Lipinski definition) is 4. The fourth-order valence-corrected chi connectivity index (χ4v) is 4.26. The molecule has 2 heterocycles. The molecule has 3 rings (SSSR count). The van der Waals surface area contributed by atoms with Crippen molar-refractivity contribution in [3.8, 4) is 0 Å². The maximum absolute atomic E-state index is 12.3. The van der Waals surface area contributed by atoms with Gasteiger partial charge in [0.1, 0.15) is 0 Å². The monoisotopic (exact) mass is 486 g/mol. The molecule has 180 valence electrons. The highest BCUT2D eigenvalue weighted by Gasteiger charge is 2.23. The summed E-state index contributed by atoms with van der Waals surface area (Å²) in [6, 6.07) is 11.4. The summed E-state index contributed by atoms with van der Waals surface area (Å²) < 4.78 is 28.0. The Morgan fingerprint density at radius 2 is 1.74 bits per heavy atom. The molecule has 0 aliphatic carbocycles. The molecular weight excluding hydrogens is 460 g/mol. The predicted molar refractivity (Wildman–Crippen MR) is 127 cm³/mol. The van der Waals surface area contributed by atoms with Gasteiger partial charge >= 0.3 is 11.8 Å². The molecule has 0 saturated carbocycles. The zero-order valence-electron chi connectivity index (χ0n) is 18.4. The van der Waals surface area contributed by atoms with Gasteiger partial charge in [-0.25, -0.2) is 4.72 Å². The van der Waals surface area contributed by atoms with Crippen molar-refractivity contribution >= 4 is 39.6 Å². The smallest absolute Gasteiger partial charge is 0.313 e. The Morgan fingerprint density at radius 1 is 1.00 bits per heavy atom. The van der Waals surface area contributed by atoms with Gasteiger partial charge in [-0.2, -0.15) is 12.7 Å². The van der Waals surface area contributed by atoms with Gasteiger partial charge in [0.25, 0.3) is 10.2 Å². The summed E-state index contributed by atoms with van der Waals surface area (Å²) in [5.41, 5.74) is 1.40. The number of pyridine rings is 1. The standard InChI is InChI=1S/C22H26N6O5S/c29-20(9-8-18-3-1-2-10-24-18)17-4-6-19(7-5-17)27-22(31)21(30)25-11-12-26-34(32,33)28-15-13-23-14-16-28/h1-10,23,26H,11-16H2,(H,25,30)(H,27,31). The van der Waals surface area contributed by atoms with Crippen LogP contribution in [0.25, 0.3) is 6.08 Å². The molecule has 0 radical (unpaired) electrons. The number of carbonyl (C=O) groups is 3. The first-order chi connectivity index (χ1) is 16.3. The number of piperazine rings is 1. The van der Waals surface area contributed by atoms with Crippen LogP contribution in [0.4, 0.5) is 5.69 Å². The third-order valence-corrected chi connectivity index (χ3v) is 6.45. The van der Waals surface area contributed by atoms with Crippen LogP contribution in [-0.2, 0) is 19.8 Å². The first-order valence-electron chi connectivity index (χ1n) is 10.6. The number of hydrogen-bond acceptors (Lipinski definition) is 7. The van der Waals surface area contributed by atoms with Crippen LogP contribution in [0.3, 0.4) is 0 Å². The number of carbonyl (C=O) groups excluding carboxylic acids is 3. The fourth-order valence-electron chi connectivity index (χ4n) is 3.05. The molecule has 2 amide bonds. The molecule has 4 N–H and O–H groups in total. The van der Waals surface area contributed by atoms with E-state index >= 15 is 0 Å². The predicted octanol–water partition coefficient (Wildman–Crippen LogP) is -0.228. The van der Waals surface area contributed by atoms with E-state index in [1.165, 1.54) is 34.6 Å². The highest BCUT2D eigenvalue weighted by Crippen LogP contribution is 2.11. The first kappa shape index (κ1) is 25.2. The van der Waals surface area contributed by atoms with E-state index in [1.807, 2.05) is 6.07 Å². The highest BCUT2D eigenvalue weighted by molar-refractivity contribution is 7.87. The molecule has 1 aliphatic rings. The number of aromatic nitrogens is 1. The van der Waals surface area contributed by atoms with Gasteiger partial charge in [0.15, 0.2) is 5.78 Å². The van der Waals surface area contributed by atoms with Crippen molar-refractivity contribution < 1.29 is 22.8 Å². The summed E-state index contributed by atoms with van der Waals surface area (Å²) in [5.74, 6) is -2.04. The Bertz CT molecular complexity index is 1130. The van der Waals surface area contributed by atoms with E-state index in [0.29, 0.717) is 43.1 Å². The van der Waals surface area contributed by atoms with Crippen LogP contribution in [0.1, 0.15) is 16.1 Å². The van der Waals surface area contributed by atoms with Gasteiger partial charge in [0.2, 0.25) is 0 Å². The van der Waals surface area contributed by atoms with Crippen molar-refractivity contribution in [2.24, 2.45) is 0 Å². The minimum absolute atomic E-state index is 0.0475. The van der Waals surface area contributed by atoms with E-state index in [9.17, 15) is 22.8 Å². The van der Waals surface area contributed by atoms with Crippen LogP contribution in [-0.4, -0.2) is 74.6 Å². The van der Waals surface area contributed by atoms with Gasteiger partial charge in [-0.15, -0.1) is 0 Å². The number of allylic oxidation sites excluding steroid dienone is 1. The molecule has 1 aliphatic heterocycles. The third-order valence-electron chi connectivity index (χ3n) is 4.84. The lowest BCUT2D eigenvalue weighted by atomic mass is 10.1. The quantitative estimate of drug-likeness (QED) is 0.166. The fraction of sp³-hybridized carbons (Fsp3) is 0.273. The first-order valence-corrected chi connectivity index (χ1v) is 12.1. The summed E-state index contributed by atoms with van der Waals surface area (Å²) in [7, 11) is -3.63. The summed E-state index contributed by atoms with van der Waals surface area (Å²) in [4.78, 5) is 40.4. The van der Waals surface area contributed by atoms with Crippen LogP contribution in [0.15, 0.2) is 54.7 Å². The topological polar surface area (TPSA) is 150 Å². The number of benzene rings is 1. The molecule has 0 spiro atoms. The lowest BCUT2D eigenvalue weighted by Gasteiger charge is -2.26. The van der Waals surface area contributed by atoms with Gasteiger partial charge in [-0.05, 0) is 48.6 Å². The molecule has 12 heteroatoms. The van der Waals surface area contributed by atoms with E-state index in [1.54, 1.807) is 24.4 Å². The van der Waals surface area contributed by atoms with Gasteiger partial charge < -0.3 is 16.0 Å². The average Bonchev–Trinajstić information content (AvgIpc) is 2.86. The minimum atomic E-state index is -3.63. The van der Waals surface area contributed by atoms with Gasteiger partial charge in [-0.1, -0.05) is 6.07 Å². The van der Waals surface area contributed by atoms with Crippen molar-refractivity contribution in [1.29, 1.82) is 0 Å². The molecule has 1 aromatic carbocycles. The van der Waals surface area contributed by atoms with Crippen molar-refractivity contribution in [3.05, 3.63) is 66.0 Å². The molecule has 0 bridgehead atoms. The van der Waals surface area contributed by atoms with Crippen molar-refractivity contribution in [2.75, 3.05) is 44.6 Å². The number of ketones is 1. The Morgan fingerprint density at radius 3 is 2.41 bits per heavy atom. The van der Waals surface area contributed by atoms with E-state index in [-0.39, 0.29) is 18.9 Å². The molecule has 1 fully saturated rings. The zero-order valence-corrected chi connectivity index (χ0v) is 19.2. The molecule has 1 saturated heterocycles. The van der Waals surface area contributed by atoms with Crippen LogP contribution in [0.2, 0.25) is 0 Å². The minimum Gasteiger partial charge on any atom is -0.347 e. The summed E-state index contributed by atoms with van der Waals surface area (Å²) in [6.07, 6.45) is 4.63. The maximum atomic E-state index is 12.3. The number of rotatable bonds is 9. The molecule has 1 aromatic heterocycles. The Kier molecular flexibility index (Phi) is 8.99. The molecule has 34 heavy (non-hydrogen) atoms. The largest absolute Gasteiger partial charge is 0.347 e. The number of nitrogens with zero attached hydrogens (tertiary/aromatic N) is 2. The summed E-state index contributed by atoms with van der Waals surface area (Å²) >= 11 is 0. The Balaban J connectivity index is 1.41. The van der Waals surface area contributed by atoms with E-state index in [0.717, 1.165) is 0 Å². The van der Waals surface area contributed by atoms with Crippen molar-refractivity contribution in [3.63, 3.8) is 0 Å². The second-order valence-corrected chi connectivity index (χ2v) is 9.04. The van der Waals surface area contributed by atoms with E-state index in [2.05, 4.69) is 25.7 Å². The highest BCUT2D eigenvalue weighted by atomic mass is 32.2. The second kappa shape index (κ2) is 12.1. The van der Waals surface area contributed by atoms with Gasteiger partial charge in [0, 0.05) is 56.7 Å². The Labute approximate surface area is 197 Å². The second-order valence-electron chi connectivity index (χ2n) is 7.29. The Hall–Kier alpha value is -3.45. The van der Waals surface area contributed by atoms with Crippen molar-refractivity contribution in [2.45, 2.75) is 0 Å². The van der Waals surface area contributed by atoms with Crippen molar-refractivity contribution in [1.82, 2.24) is 24.6 Å². The lowest BCUT2D eigenvalue weighted by molar-refractivity contribution is -0.136.